The Labute approximate surface area is 214 Å². The highest BCUT2D eigenvalue weighted by molar-refractivity contribution is 7.21. The summed E-state index contributed by atoms with van der Waals surface area (Å²) in [4.78, 5) is 4.97. The zero-order chi connectivity index (χ0) is 23.9. The summed E-state index contributed by atoms with van der Waals surface area (Å²) < 4.78 is 1.21. The van der Waals surface area contributed by atoms with Crippen LogP contribution in [0, 0.1) is 0 Å². The Hall–Kier alpha value is -4.27. The Morgan fingerprint density at radius 1 is 0.611 bits per heavy atom. The number of allylic oxidation sites excluding steroid dienone is 6. The van der Waals surface area contributed by atoms with Crippen molar-refractivity contribution >= 4 is 48.7 Å². The van der Waals surface area contributed by atoms with E-state index in [1.807, 2.05) is 0 Å². The minimum Gasteiger partial charge on any atom is -0.236 e. The van der Waals surface area contributed by atoms with Crippen LogP contribution < -0.4 is 0 Å². The van der Waals surface area contributed by atoms with E-state index in [1.165, 1.54) is 48.5 Å². The molecular formula is C34H23NS. The second kappa shape index (κ2) is 8.75. The molecule has 36 heavy (non-hydrogen) atoms. The molecule has 1 aliphatic carbocycles. The topological polar surface area (TPSA) is 12.9 Å². The molecule has 1 aromatic heterocycles. The number of fused-ring (bicyclic) bond motifs is 4. The highest BCUT2D eigenvalue weighted by Gasteiger charge is 2.12. The molecule has 0 radical (unpaired) electrons. The van der Waals surface area contributed by atoms with E-state index in [1.54, 1.807) is 11.3 Å². The van der Waals surface area contributed by atoms with Gasteiger partial charge in [-0.05, 0) is 68.4 Å². The summed E-state index contributed by atoms with van der Waals surface area (Å²) in [5.41, 5.74) is 7.32. The summed E-state index contributed by atoms with van der Waals surface area (Å²) in [6, 6.07) is 35.2. The van der Waals surface area contributed by atoms with E-state index in [9.17, 15) is 0 Å². The zero-order valence-electron chi connectivity index (χ0n) is 19.7. The molecule has 5 aromatic carbocycles. The van der Waals surface area contributed by atoms with Crippen LogP contribution in [0.3, 0.4) is 0 Å². The second-order valence-corrected chi connectivity index (χ2v) is 10.2. The van der Waals surface area contributed by atoms with Crippen LogP contribution in [-0.2, 0) is 0 Å². The number of rotatable bonds is 3. The maximum atomic E-state index is 4.97. The van der Waals surface area contributed by atoms with Crippen LogP contribution >= 0.6 is 11.3 Å². The van der Waals surface area contributed by atoms with Crippen molar-refractivity contribution in [3.8, 4) is 21.7 Å². The first-order valence-electron chi connectivity index (χ1n) is 12.3. The highest BCUT2D eigenvalue weighted by atomic mass is 32.1. The lowest BCUT2D eigenvalue weighted by atomic mass is 9.93. The quantitative estimate of drug-likeness (QED) is 0.231. The van der Waals surface area contributed by atoms with Crippen molar-refractivity contribution in [2.45, 2.75) is 6.42 Å². The fraction of sp³-hybridized carbons (Fsp3) is 0.0294. The molecule has 1 nitrogen and oxygen atoms in total. The molecule has 0 bridgehead atoms. The molecule has 0 amide bonds. The Bertz CT molecular complexity index is 1850. The normalized spacial score (nSPS) is 13.4. The van der Waals surface area contributed by atoms with Gasteiger partial charge in [0.1, 0.15) is 5.01 Å². The van der Waals surface area contributed by atoms with Crippen LogP contribution in [0.4, 0.5) is 0 Å². The smallest absolute Gasteiger partial charge is 0.124 e. The van der Waals surface area contributed by atoms with Gasteiger partial charge in [0.25, 0.3) is 0 Å². The number of hydrogen-bond donors (Lipinski definition) is 0. The number of nitrogens with zero attached hydrogens (tertiary/aromatic N) is 1. The molecule has 6 aromatic rings. The minimum absolute atomic E-state index is 0.958. The van der Waals surface area contributed by atoms with E-state index < -0.39 is 0 Å². The monoisotopic (exact) mass is 477 g/mol. The largest absolute Gasteiger partial charge is 0.236 e. The fourth-order valence-corrected chi connectivity index (χ4v) is 6.14. The van der Waals surface area contributed by atoms with Crippen molar-refractivity contribution < 1.29 is 0 Å². The van der Waals surface area contributed by atoms with E-state index >= 15 is 0 Å². The van der Waals surface area contributed by atoms with Crippen LogP contribution in [0.25, 0.3) is 59.0 Å². The van der Waals surface area contributed by atoms with Gasteiger partial charge in [0.15, 0.2) is 0 Å². The predicted molar refractivity (Wildman–Crippen MR) is 156 cm³/mol. The molecule has 0 fully saturated rings. The molecule has 170 valence electrons. The number of aromatic nitrogens is 1. The Morgan fingerprint density at radius 2 is 1.36 bits per heavy atom. The molecule has 0 spiro atoms. The van der Waals surface area contributed by atoms with Crippen molar-refractivity contribution in [3.05, 3.63) is 133 Å². The van der Waals surface area contributed by atoms with Gasteiger partial charge in [0, 0.05) is 5.56 Å². The van der Waals surface area contributed by atoms with Crippen LogP contribution in [-0.4, -0.2) is 4.98 Å². The molecule has 0 N–H and O–H groups in total. The Morgan fingerprint density at radius 3 is 2.25 bits per heavy atom. The lowest BCUT2D eigenvalue weighted by Crippen LogP contribution is -1.84. The summed E-state index contributed by atoms with van der Waals surface area (Å²) >= 11 is 1.76. The van der Waals surface area contributed by atoms with E-state index in [0.717, 1.165) is 22.5 Å². The Balaban J connectivity index is 1.29. The van der Waals surface area contributed by atoms with Crippen LogP contribution in [0.15, 0.2) is 127 Å². The SMILES string of the molecule is C1=CC=C(c2ccc(-c3nc4ccc(-c5cc6ccccc6c6ccccc56)cc4s3)cc2)CC=C1. The lowest BCUT2D eigenvalue weighted by molar-refractivity contribution is 1.39. The summed E-state index contributed by atoms with van der Waals surface area (Å²) in [5.74, 6) is 0. The van der Waals surface area contributed by atoms with E-state index in [4.69, 9.17) is 4.98 Å². The van der Waals surface area contributed by atoms with Crippen LogP contribution in [0.2, 0.25) is 0 Å². The maximum Gasteiger partial charge on any atom is 0.124 e. The first kappa shape index (κ1) is 21.0. The fourth-order valence-electron chi connectivity index (χ4n) is 5.13. The molecular weight excluding hydrogens is 454 g/mol. The average molecular weight is 478 g/mol. The molecule has 0 atom stereocenters. The molecule has 0 aliphatic heterocycles. The van der Waals surface area contributed by atoms with Gasteiger partial charge < -0.3 is 0 Å². The number of thiazole rings is 1. The minimum atomic E-state index is 0.958. The summed E-state index contributed by atoms with van der Waals surface area (Å²) in [6.45, 7) is 0. The van der Waals surface area contributed by atoms with Gasteiger partial charge in [-0.3, -0.25) is 0 Å². The van der Waals surface area contributed by atoms with E-state index in [2.05, 4.69) is 127 Å². The van der Waals surface area contributed by atoms with Gasteiger partial charge in [-0.15, -0.1) is 11.3 Å². The number of benzene rings is 5. The van der Waals surface area contributed by atoms with E-state index in [0.29, 0.717) is 0 Å². The van der Waals surface area contributed by atoms with Crippen molar-refractivity contribution in [2.24, 2.45) is 0 Å². The van der Waals surface area contributed by atoms with Crippen molar-refractivity contribution in [3.63, 3.8) is 0 Å². The first-order chi connectivity index (χ1) is 17.8. The summed E-state index contributed by atoms with van der Waals surface area (Å²) in [6.07, 6.45) is 11.7. The van der Waals surface area contributed by atoms with Gasteiger partial charge in [0.05, 0.1) is 10.2 Å². The van der Waals surface area contributed by atoms with Gasteiger partial charge in [0.2, 0.25) is 0 Å². The molecule has 0 unspecified atom stereocenters. The van der Waals surface area contributed by atoms with Gasteiger partial charge in [-0.25, -0.2) is 4.98 Å². The molecule has 0 saturated carbocycles. The average Bonchev–Trinajstić information content (AvgIpc) is 3.17. The molecule has 2 heteroatoms. The number of hydrogen-bond acceptors (Lipinski definition) is 2. The third-order valence-corrected chi connectivity index (χ3v) is 8.03. The van der Waals surface area contributed by atoms with Gasteiger partial charge in [-0.1, -0.05) is 109 Å². The van der Waals surface area contributed by atoms with Crippen molar-refractivity contribution in [2.75, 3.05) is 0 Å². The van der Waals surface area contributed by atoms with Gasteiger partial charge >= 0.3 is 0 Å². The maximum absolute atomic E-state index is 4.97. The van der Waals surface area contributed by atoms with Crippen molar-refractivity contribution in [1.82, 2.24) is 4.98 Å². The first-order valence-corrected chi connectivity index (χ1v) is 13.1. The molecule has 1 aliphatic rings. The standard InChI is InChI=1S/C34H23NS/c1-2-4-10-23(9-3-1)24-15-17-25(18-16-24)34-35-32-20-19-27(22-33(32)36-34)31-21-26-11-5-6-12-28(26)29-13-7-8-14-30(29)31/h1-9,11-22H,10H2. The van der Waals surface area contributed by atoms with E-state index in [-0.39, 0.29) is 0 Å². The predicted octanol–water partition coefficient (Wildman–Crippen LogP) is 9.84. The van der Waals surface area contributed by atoms with Crippen LogP contribution in [0.5, 0.6) is 0 Å². The highest BCUT2D eigenvalue weighted by Crippen LogP contribution is 2.38. The third-order valence-electron chi connectivity index (χ3n) is 6.96. The summed E-state index contributed by atoms with van der Waals surface area (Å²) in [7, 11) is 0. The summed E-state index contributed by atoms with van der Waals surface area (Å²) in [5, 5.41) is 6.21. The van der Waals surface area contributed by atoms with Crippen LogP contribution in [0.1, 0.15) is 12.0 Å². The molecule has 1 heterocycles. The third kappa shape index (κ3) is 3.67. The van der Waals surface area contributed by atoms with Gasteiger partial charge in [-0.2, -0.15) is 0 Å². The lowest BCUT2D eigenvalue weighted by Gasteiger charge is -2.11. The molecule has 0 saturated heterocycles. The van der Waals surface area contributed by atoms with Crippen molar-refractivity contribution in [1.29, 1.82) is 0 Å². The second-order valence-electron chi connectivity index (χ2n) is 9.18. The molecule has 7 rings (SSSR count). The Kier molecular flexibility index (Phi) is 5.11. The zero-order valence-corrected chi connectivity index (χ0v) is 20.5.